The maximum absolute atomic E-state index is 11.7. The molecule has 1 unspecified atom stereocenters. The second-order valence-corrected chi connectivity index (χ2v) is 5.53. The van der Waals surface area contributed by atoms with E-state index in [0.29, 0.717) is 19.5 Å². The summed E-state index contributed by atoms with van der Waals surface area (Å²) in [6.07, 6.45) is 0.559. The summed E-state index contributed by atoms with van der Waals surface area (Å²) >= 11 is 0. The van der Waals surface area contributed by atoms with Crippen LogP contribution in [-0.4, -0.2) is 51.2 Å². The van der Waals surface area contributed by atoms with E-state index in [1.165, 1.54) is 14.0 Å². The van der Waals surface area contributed by atoms with E-state index < -0.39 is 21.2 Å². The lowest BCUT2D eigenvalue weighted by atomic mass is 10.4. The van der Waals surface area contributed by atoms with Crippen molar-refractivity contribution in [1.29, 1.82) is 0 Å². The normalized spacial score (nSPS) is 13.9. The van der Waals surface area contributed by atoms with Crippen LogP contribution in [0.1, 0.15) is 13.3 Å². The van der Waals surface area contributed by atoms with Crippen molar-refractivity contribution in [3.8, 4) is 0 Å². The molecule has 15 heavy (non-hydrogen) atoms. The molecule has 0 aliphatic carbocycles. The third kappa shape index (κ3) is 3.77. The van der Waals surface area contributed by atoms with E-state index in [2.05, 4.69) is 4.74 Å². The highest BCUT2D eigenvalue weighted by Crippen LogP contribution is 2.08. The summed E-state index contributed by atoms with van der Waals surface area (Å²) in [6, 6.07) is 0. The highest BCUT2D eigenvalue weighted by molar-refractivity contribution is 7.90. The van der Waals surface area contributed by atoms with Gasteiger partial charge in [-0.05, 0) is 19.9 Å². The number of carbonyl (C=O) groups excluding carboxylic acids is 1. The van der Waals surface area contributed by atoms with Crippen LogP contribution in [0, 0.1) is 0 Å². The van der Waals surface area contributed by atoms with Crippen molar-refractivity contribution in [2.75, 3.05) is 27.2 Å². The quantitative estimate of drug-likeness (QED) is 0.609. The molecule has 7 heteroatoms. The highest BCUT2D eigenvalue weighted by Gasteiger charge is 2.32. The molecule has 0 fully saturated rings. The van der Waals surface area contributed by atoms with Gasteiger partial charge >= 0.3 is 5.97 Å². The van der Waals surface area contributed by atoms with E-state index in [9.17, 15) is 13.2 Å². The third-order valence-corrected chi connectivity index (χ3v) is 4.23. The minimum Gasteiger partial charge on any atom is -0.468 e. The summed E-state index contributed by atoms with van der Waals surface area (Å²) in [4.78, 5) is 11.1. The molecule has 0 aromatic carbocycles. The largest absolute Gasteiger partial charge is 0.468 e. The fourth-order valence-electron chi connectivity index (χ4n) is 0.999. The third-order valence-electron chi connectivity index (χ3n) is 2.09. The Kier molecular flexibility index (Phi) is 5.77. The molecular formula is C8H18N2O4S. The van der Waals surface area contributed by atoms with Crippen molar-refractivity contribution >= 4 is 16.0 Å². The van der Waals surface area contributed by atoms with E-state index in [0.717, 1.165) is 11.4 Å². The second kappa shape index (κ2) is 6.04. The molecule has 0 bridgehead atoms. The van der Waals surface area contributed by atoms with E-state index in [1.54, 1.807) is 0 Å². The van der Waals surface area contributed by atoms with Crippen molar-refractivity contribution in [2.45, 2.75) is 18.6 Å². The van der Waals surface area contributed by atoms with Crippen LogP contribution in [0.25, 0.3) is 0 Å². The Morgan fingerprint density at radius 2 is 2.07 bits per heavy atom. The summed E-state index contributed by atoms with van der Waals surface area (Å²) in [6.45, 7) is 2.02. The molecule has 2 N–H and O–H groups in total. The number of carbonyl (C=O) groups is 1. The summed E-state index contributed by atoms with van der Waals surface area (Å²) in [7, 11) is -1.04. The predicted molar refractivity (Wildman–Crippen MR) is 56.7 cm³/mol. The first-order chi connectivity index (χ1) is 6.87. The lowest BCUT2D eigenvalue weighted by molar-refractivity contribution is -0.139. The molecule has 6 nitrogen and oxygen atoms in total. The number of rotatable bonds is 6. The molecular weight excluding hydrogens is 220 g/mol. The maximum Gasteiger partial charge on any atom is 0.325 e. The summed E-state index contributed by atoms with van der Waals surface area (Å²) in [5.74, 6) is -0.755. The molecule has 90 valence electrons. The fourth-order valence-corrected chi connectivity index (χ4v) is 2.26. The van der Waals surface area contributed by atoms with Crippen LogP contribution >= 0.6 is 0 Å². The minimum absolute atomic E-state index is 0.306. The first-order valence-corrected chi connectivity index (χ1v) is 6.11. The van der Waals surface area contributed by atoms with Gasteiger partial charge in [-0.25, -0.2) is 12.7 Å². The Morgan fingerprint density at radius 3 is 2.47 bits per heavy atom. The molecule has 0 spiro atoms. The topological polar surface area (TPSA) is 89.7 Å². The van der Waals surface area contributed by atoms with Crippen LogP contribution in [0.4, 0.5) is 0 Å². The van der Waals surface area contributed by atoms with Gasteiger partial charge in [0.05, 0.1) is 7.11 Å². The van der Waals surface area contributed by atoms with Gasteiger partial charge in [-0.3, -0.25) is 4.79 Å². The van der Waals surface area contributed by atoms with Gasteiger partial charge in [-0.2, -0.15) is 0 Å². The molecule has 0 radical (unpaired) electrons. The number of nitrogens with zero attached hydrogens (tertiary/aromatic N) is 1. The van der Waals surface area contributed by atoms with Gasteiger partial charge in [0.2, 0.25) is 10.0 Å². The molecule has 0 saturated heterocycles. The average Bonchev–Trinajstić information content (AvgIpc) is 2.23. The van der Waals surface area contributed by atoms with Crippen molar-refractivity contribution < 1.29 is 17.9 Å². The molecule has 0 saturated carbocycles. The van der Waals surface area contributed by atoms with Gasteiger partial charge in [0.15, 0.2) is 5.25 Å². The Bertz CT molecular complexity index is 302. The number of nitrogens with two attached hydrogens (primary N) is 1. The monoisotopic (exact) mass is 238 g/mol. The zero-order valence-corrected chi connectivity index (χ0v) is 10.1. The predicted octanol–water partition coefficient (Wildman–Crippen LogP) is -0.842. The molecule has 0 rings (SSSR count). The molecule has 0 amide bonds. The number of sulfonamides is 1. The van der Waals surface area contributed by atoms with E-state index >= 15 is 0 Å². The van der Waals surface area contributed by atoms with Crippen LogP contribution < -0.4 is 5.73 Å². The van der Waals surface area contributed by atoms with Crippen LogP contribution in [0.2, 0.25) is 0 Å². The maximum atomic E-state index is 11.7. The Balaban J connectivity index is 4.59. The lowest BCUT2D eigenvalue weighted by Gasteiger charge is -2.20. The summed E-state index contributed by atoms with van der Waals surface area (Å²) in [5, 5.41) is -1.18. The zero-order valence-electron chi connectivity index (χ0n) is 9.26. The molecule has 0 aliphatic heterocycles. The van der Waals surface area contributed by atoms with Gasteiger partial charge in [-0.15, -0.1) is 0 Å². The SMILES string of the molecule is COC(=O)C(C)S(=O)(=O)N(C)CCCN. The van der Waals surface area contributed by atoms with Crippen molar-refractivity contribution in [2.24, 2.45) is 5.73 Å². The fraction of sp³-hybridized carbons (Fsp3) is 0.875. The number of ether oxygens (including phenoxy) is 1. The minimum atomic E-state index is -3.62. The summed E-state index contributed by atoms with van der Waals surface area (Å²) in [5.41, 5.74) is 5.27. The average molecular weight is 238 g/mol. The Morgan fingerprint density at radius 1 is 1.53 bits per heavy atom. The van der Waals surface area contributed by atoms with E-state index in [-0.39, 0.29) is 0 Å². The van der Waals surface area contributed by atoms with Crippen LogP contribution in [0.5, 0.6) is 0 Å². The van der Waals surface area contributed by atoms with Crippen LogP contribution in [0.15, 0.2) is 0 Å². The van der Waals surface area contributed by atoms with Crippen LogP contribution in [0.3, 0.4) is 0 Å². The van der Waals surface area contributed by atoms with Crippen molar-refractivity contribution in [3.05, 3.63) is 0 Å². The van der Waals surface area contributed by atoms with E-state index in [4.69, 9.17) is 5.73 Å². The molecule has 0 aromatic rings. The Hall–Kier alpha value is -0.660. The summed E-state index contributed by atoms with van der Waals surface area (Å²) < 4.78 is 29.0. The highest BCUT2D eigenvalue weighted by atomic mass is 32.2. The lowest BCUT2D eigenvalue weighted by Crippen LogP contribution is -2.40. The number of methoxy groups -OCH3 is 1. The molecule has 0 aromatic heterocycles. The van der Waals surface area contributed by atoms with Crippen LogP contribution in [-0.2, 0) is 19.6 Å². The van der Waals surface area contributed by atoms with Gasteiger partial charge in [-0.1, -0.05) is 0 Å². The number of hydrogen-bond donors (Lipinski definition) is 1. The van der Waals surface area contributed by atoms with Gasteiger partial charge in [0, 0.05) is 13.6 Å². The van der Waals surface area contributed by atoms with E-state index in [1.807, 2.05) is 0 Å². The first-order valence-electron chi connectivity index (χ1n) is 4.61. The Labute approximate surface area is 90.4 Å². The number of hydrogen-bond acceptors (Lipinski definition) is 5. The zero-order chi connectivity index (χ0) is 12.1. The van der Waals surface area contributed by atoms with Crippen molar-refractivity contribution in [3.63, 3.8) is 0 Å². The second-order valence-electron chi connectivity index (χ2n) is 3.17. The van der Waals surface area contributed by atoms with Gasteiger partial charge < -0.3 is 10.5 Å². The van der Waals surface area contributed by atoms with Gasteiger partial charge in [0.1, 0.15) is 0 Å². The number of esters is 1. The van der Waals surface area contributed by atoms with Gasteiger partial charge in [0.25, 0.3) is 0 Å². The molecule has 0 heterocycles. The molecule has 1 atom stereocenters. The standard InChI is InChI=1S/C8H18N2O4S/c1-7(8(11)14-3)15(12,13)10(2)6-4-5-9/h7H,4-6,9H2,1-3H3. The smallest absolute Gasteiger partial charge is 0.325 e. The van der Waals surface area contributed by atoms with Crippen molar-refractivity contribution in [1.82, 2.24) is 4.31 Å². The molecule has 0 aliphatic rings. The first kappa shape index (κ1) is 14.3.